The van der Waals surface area contributed by atoms with Gasteiger partial charge >= 0.3 is 0 Å². The number of hydrogen-bond donors (Lipinski definition) is 3. The second-order valence-electron chi connectivity index (χ2n) is 9.54. The van der Waals surface area contributed by atoms with E-state index in [1.54, 1.807) is 0 Å². The first kappa shape index (κ1) is 33.5. The monoisotopic (exact) mass is 547 g/mol. The van der Waals surface area contributed by atoms with Gasteiger partial charge in [0, 0.05) is 27.6 Å². The van der Waals surface area contributed by atoms with Gasteiger partial charge in [-0.05, 0) is 73.6 Å². The van der Waals surface area contributed by atoms with Crippen LogP contribution in [-0.4, -0.2) is 58.5 Å². The lowest BCUT2D eigenvalue weighted by Crippen LogP contribution is -2.42. The van der Waals surface area contributed by atoms with Gasteiger partial charge in [0.15, 0.2) is 0 Å². The molecular formula is C17H39Cl2N3O6S3. The Labute approximate surface area is 198 Å². The van der Waals surface area contributed by atoms with Gasteiger partial charge in [-0.3, -0.25) is 0 Å². The Bertz CT molecular complexity index is 819. The van der Waals surface area contributed by atoms with Gasteiger partial charge in [-0.1, -0.05) is 0 Å². The molecule has 14 heteroatoms. The van der Waals surface area contributed by atoms with Gasteiger partial charge in [-0.15, -0.1) is 11.6 Å². The number of nitrogens with one attached hydrogen (secondary N) is 1. The van der Waals surface area contributed by atoms with E-state index in [-0.39, 0.29) is 27.3 Å². The third kappa shape index (κ3) is 28.3. The number of primary sulfonamides is 1. The number of rotatable bonds is 6. The zero-order chi connectivity index (χ0) is 25.3. The van der Waals surface area contributed by atoms with E-state index in [1.165, 1.54) is 0 Å². The van der Waals surface area contributed by atoms with E-state index in [4.69, 9.17) is 33.2 Å². The molecular weight excluding hydrogens is 509 g/mol. The van der Waals surface area contributed by atoms with Crippen molar-refractivity contribution in [3.8, 4) is 0 Å². The maximum absolute atomic E-state index is 11.3. The molecule has 2 aliphatic carbocycles. The summed E-state index contributed by atoms with van der Waals surface area (Å²) in [5.74, 6) is 0.310. The summed E-state index contributed by atoms with van der Waals surface area (Å²) in [7, 11) is -4.60. The predicted molar refractivity (Wildman–Crippen MR) is 130 cm³/mol. The highest BCUT2D eigenvalue weighted by molar-refractivity contribution is 8.13. The molecule has 0 atom stereocenters. The van der Waals surface area contributed by atoms with Crippen molar-refractivity contribution in [1.29, 1.82) is 0 Å². The zero-order valence-electron chi connectivity index (χ0n) is 19.2. The van der Waals surface area contributed by atoms with Crippen LogP contribution in [0.15, 0.2) is 0 Å². The van der Waals surface area contributed by atoms with E-state index < -0.39 is 29.1 Å². The lowest BCUT2D eigenvalue weighted by molar-refractivity contribution is 0.490. The molecule has 0 aromatic rings. The van der Waals surface area contributed by atoms with Crippen LogP contribution in [0.1, 0.15) is 73.6 Å². The van der Waals surface area contributed by atoms with E-state index in [1.807, 2.05) is 41.5 Å². The maximum atomic E-state index is 11.3. The van der Waals surface area contributed by atoms with Crippen LogP contribution in [0, 0.1) is 0 Å². The molecule has 0 saturated heterocycles. The third-order valence-electron chi connectivity index (χ3n) is 2.92. The van der Waals surface area contributed by atoms with Crippen LogP contribution in [0.25, 0.3) is 0 Å². The topological polar surface area (TPSA) is 166 Å². The first-order chi connectivity index (χ1) is 13.5. The zero-order valence-corrected chi connectivity index (χ0v) is 23.2. The molecule has 0 bridgehead atoms. The Morgan fingerprint density at radius 1 is 0.871 bits per heavy atom. The van der Waals surface area contributed by atoms with Gasteiger partial charge in [0.2, 0.25) is 29.1 Å². The molecule has 0 aromatic heterocycles. The summed E-state index contributed by atoms with van der Waals surface area (Å²) >= 11 is 5.18. The minimum absolute atomic E-state index is 0. The third-order valence-corrected chi connectivity index (χ3v) is 8.08. The highest BCUT2D eigenvalue weighted by atomic mass is 35.7. The van der Waals surface area contributed by atoms with Crippen molar-refractivity contribution < 1.29 is 25.3 Å². The van der Waals surface area contributed by atoms with Gasteiger partial charge in [0.25, 0.3) is 0 Å². The molecule has 190 valence electrons. The van der Waals surface area contributed by atoms with E-state index in [9.17, 15) is 25.3 Å². The molecule has 0 radical (unpaired) electrons. The molecule has 2 rings (SSSR count). The highest BCUT2D eigenvalue weighted by Crippen LogP contribution is 2.28. The molecule has 0 aliphatic heterocycles. The number of halogens is 2. The first-order valence-corrected chi connectivity index (χ1v) is 16.0. The molecule has 0 spiro atoms. The summed E-state index contributed by atoms with van der Waals surface area (Å²) in [6.45, 7) is 11.5. The fourth-order valence-electron chi connectivity index (χ4n) is 1.51. The van der Waals surface area contributed by atoms with Crippen molar-refractivity contribution in [1.82, 2.24) is 4.72 Å². The normalized spacial score (nSPS) is 17.2. The second kappa shape index (κ2) is 13.3. The van der Waals surface area contributed by atoms with E-state index >= 15 is 0 Å². The van der Waals surface area contributed by atoms with Crippen molar-refractivity contribution in [2.75, 3.05) is 11.6 Å². The molecule has 5 N–H and O–H groups in total. The SMILES string of the molecule is CC(C)(C)N.CC(C)(C)NS(=O)(=O)C1CC1.NS(=O)(=O)C1CC1.O=S(=O)(Cl)CCCCl. The summed E-state index contributed by atoms with van der Waals surface area (Å²) < 4.78 is 65.8. The summed E-state index contributed by atoms with van der Waals surface area (Å²) in [6.07, 6.45) is 3.60. The average Bonchev–Trinajstić information content (AvgIpc) is 3.34. The van der Waals surface area contributed by atoms with Gasteiger partial charge in [0.1, 0.15) is 0 Å². The van der Waals surface area contributed by atoms with Crippen LogP contribution in [0.4, 0.5) is 0 Å². The van der Waals surface area contributed by atoms with E-state index in [2.05, 4.69) is 4.72 Å². The Balaban J connectivity index is 0. The second-order valence-corrected chi connectivity index (χ2v) is 16.6. The van der Waals surface area contributed by atoms with Gasteiger partial charge in [-0.25, -0.2) is 35.1 Å². The summed E-state index contributed by atoms with van der Waals surface area (Å²) in [6, 6.07) is 0. The van der Waals surface area contributed by atoms with Crippen LogP contribution >= 0.6 is 22.3 Å². The van der Waals surface area contributed by atoms with Crippen LogP contribution < -0.4 is 15.6 Å². The largest absolute Gasteiger partial charge is 0.326 e. The number of alkyl halides is 1. The van der Waals surface area contributed by atoms with E-state index in [0.29, 0.717) is 12.3 Å². The average molecular weight is 549 g/mol. The van der Waals surface area contributed by atoms with Crippen molar-refractivity contribution >= 4 is 51.4 Å². The molecule has 0 heterocycles. The molecule has 0 aromatic carbocycles. The maximum Gasteiger partial charge on any atom is 0.232 e. The van der Waals surface area contributed by atoms with Crippen LogP contribution in [-0.2, 0) is 29.1 Å². The first-order valence-electron chi connectivity index (χ1n) is 9.79. The fourth-order valence-corrected chi connectivity index (χ4v) is 5.19. The van der Waals surface area contributed by atoms with Crippen LogP contribution in [0.3, 0.4) is 0 Å². The molecule has 9 nitrogen and oxygen atoms in total. The van der Waals surface area contributed by atoms with Crippen molar-refractivity contribution in [2.24, 2.45) is 10.9 Å². The molecule has 31 heavy (non-hydrogen) atoms. The molecule has 2 fully saturated rings. The quantitative estimate of drug-likeness (QED) is 0.338. The number of sulfonamides is 2. The van der Waals surface area contributed by atoms with Crippen molar-refractivity contribution in [3.63, 3.8) is 0 Å². The van der Waals surface area contributed by atoms with Gasteiger partial charge < -0.3 is 5.73 Å². The Kier molecular flexibility index (Phi) is 14.3. The van der Waals surface area contributed by atoms with E-state index in [0.717, 1.165) is 25.7 Å². The minimum Gasteiger partial charge on any atom is -0.326 e. The Morgan fingerprint density at radius 2 is 1.23 bits per heavy atom. The molecule has 2 saturated carbocycles. The van der Waals surface area contributed by atoms with Gasteiger partial charge in [-0.2, -0.15) is 0 Å². The van der Waals surface area contributed by atoms with Gasteiger partial charge in [0.05, 0.1) is 16.3 Å². The summed E-state index contributed by atoms with van der Waals surface area (Å²) in [5.41, 5.74) is 5.02. The van der Waals surface area contributed by atoms with Crippen LogP contribution in [0.2, 0.25) is 0 Å². The molecule has 0 amide bonds. The summed E-state index contributed by atoms with van der Waals surface area (Å²) in [4.78, 5) is 0. The minimum atomic E-state index is -3.30. The Morgan fingerprint density at radius 3 is 1.35 bits per heavy atom. The van der Waals surface area contributed by atoms with Crippen molar-refractivity contribution in [2.45, 2.75) is 95.2 Å². The summed E-state index contributed by atoms with van der Waals surface area (Å²) in [5, 5.41) is 4.40. The predicted octanol–water partition coefficient (Wildman–Crippen LogP) is 2.23. The lowest BCUT2D eigenvalue weighted by atomic mass is 10.1. The highest BCUT2D eigenvalue weighted by Gasteiger charge is 2.37. The lowest BCUT2D eigenvalue weighted by Gasteiger charge is -2.19. The van der Waals surface area contributed by atoms with Crippen LogP contribution in [0.5, 0.6) is 0 Å². The van der Waals surface area contributed by atoms with Crippen molar-refractivity contribution in [3.05, 3.63) is 0 Å². The Hall–Kier alpha value is 0.310. The fraction of sp³-hybridized carbons (Fsp3) is 1.00. The number of nitrogens with two attached hydrogens (primary N) is 2. The standard InChI is InChI=1S/C7H15NO2S.C4H11N.C3H6Cl2O2S.C3H7NO2S/c1-7(2,3)8-11(9,10)6-4-5-6;1-4(2,3)5;4-2-1-3-8(5,6)7;4-7(5,6)3-1-2-3/h6,8H,4-5H2,1-3H3;5H2,1-3H3;1-3H2;3H,1-2H2,(H2,4,5,6). The smallest absolute Gasteiger partial charge is 0.232 e. The molecule has 2 aliphatic rings. The number of hydrogen-bond acceptors (Lipinski definition) is 7. The molecule has 0 unspecified atom stereocenters.